The molecule has 1 saturated heterocycles. The van der Waals surface area contributed by atoms with Crippen LogP contribution in [0.15, 0.2) is 0 Å². The minimum atomic E-state index is -0.128. The van der Waals surface area contributed by atoms with Crippen LogP contribution >= 0.6 is 0 Å². The Morgan fingerprint density at radius 3 is 2.78 bits per heavy atom. The van der Waals surface area contributed by atoms with Crippen molar-refractivity contribution >= 4 is 0 Å². The maximum Gasteiger partial charge on any atom is 0.0935 e. The summed E-state index contributed by atoms with van der Waals surface area (Å²) in [5.74, 6) is 0.338. The van der Waals surface area contributed by atoms with Crippen LogP contribution in [0.2, 0.25) is 0 Å². The third-order valence-electron chi connectivity index (χ3n) is 2.04. The number of alkyl halides is 1. The second-order valence-corrected chi connectivity index (χ2v) is 2.70. The highest BCUT2D eigenvalue weighted by Gasteiger charge is 2.20. The van der Waals surface area contributed by atoms with Crippen molar-refractivity contribution in [3.8, 4) is 0 Å². The van der Waals surface area contributed by atoms with E-state index in [1.54, 1.807) is 0 Å². The van der Waals surface area contributed by atoms with Crippen molar-refractivity contribution in [3.05, 3.63) is 0 Å². The van der Waals surface area contributed by atoms with Crippen LogP contribution in [0, 0.1) is 5.92 Å². The van der Waals surface area contributed by atoms with Gasteiger partial charge in [-0.2, -0.15) is 0 Å². The van der Waals surface area contributed by atoms with Crippen molar-refractivity contribution in [2.45, 2.75) is 13.3 Å². The molecule has 2 heteroatoms. The lowest BCUT2D eigenvalue weighted by atomic mass is 10.1. The van der Waals surface area contributed by atoms with Crippen LogP contribution < -0.4 is 0 Å². The van der Waals surface area contributed by atoms with Gasteiger partial charge in [-0.3, -0.25) is 4.39 Å². The molecule has 0 saturated carbocycles. The Kier molecular flexibility index (Phi) is 2.46. The predicted molar refractivity (Wildman–Crippen MR) is 36.2 cm³/mol. The predicted octanol–water partition coefficient (Wildman–Crippen LogP) is 1.30. The van der Waals surface area contributed by atoms with Gasteiger partial charge in [0.25, 0.3) is 0 Å². The Hall–Kier alpha value is -0.110. The van der Waals surface area contributed by atoms with Crippen LogP contribution in [-0.2, 0) is 0 Å². The Morgan fingerprint density at radius 2 is 2.44 bits per heavy atom. The normalized spacial score (nSPS) is 29.3. The van der Waals surface area contributed by atoms with Gasteiger partial charge in [0.1, 0.15) is 0 Å². The van der Waals surface area contributed by atoms with Gasteiger partial charge in [0.05, 0.1) is 6.67 Å². The van der Waals surface area contributed by atoms with Gasteiger partial charge in [-0.1, -0.05) is 6.92 Å². The fourth-order valence-electron chi connectivity index (χ4n) is 1.33. The number of halogens is 1. The molecule has 0 aromatic carbocycles. The molecule has 0 aliphatic carbocycles. The van der Waals surface area contributed by atoms with E-state index in [2.05, 4.69) is 11.8 Å². The van der Waals surface area contributed by atoms with E-state index in [4.69, 9.17) is 0 Å². The Labute approximate surface area is 55.8 Å². The lowest BCUT2D eigenvalue weighted by Crippen LogP contribution is -2.20. The van der Waals surface area contributed by atoms with Crippen LogP contribution in [0.25, 0.3) is 0 Å². The van der Waals surface area contributed by atoms with Gasteiger partial charge in [-0.25, -0.2) is 0 Å². The van der Waals surface area contributed by atoms with Crippen LogP contribution in [-0.4, -0.2) is 31.2 Å². The summed E-state index contributed by atoms with van der Waals surface area (Å²) in [5, 5.41) is 0. The fraction of sp³-hybridized carbons (Fsp3) is 1.00. The summed E-state index contributed by atoms with van der Waals surface area (Å²) in [7, 11) is 0. The molecule has 1 atom stereocenters. The van der Waals surface area contributed by atoms with E-state index in [0.29, 0.717) is 5.92 Å². The molecule has 54 valence electrons. The molecule has 0 aromatic rings. The van der Waals surface area contributed by atoms with Crippen molar-refractivity contribution in [1.29, 1.82) is 0 Å². The van der Waals surface area contributed by atoms with Crippen molar-refractivity contribution < 1.29 is 4.39 Å². The molecule has 1 nitrogen and oxygen atoms in total. The second kappa shape index (κ2) is 3.16. The average Bonchev–Trinajstić information content (AvgIpc) is 2.34. The number of likely N-dealkylation sites (tertiary alicyclic amines) is 1. The van der Waals surface area contributed by atoms with Gasteiger partial charge in [-0.15, -0.1) is 0 Å². The van der Waals surface area contributed by atoms with E-state index in [1.807, 2.05) is 0 Å². The zero-order chi connectivity index (χ0) is 6.69. The minimum Gasteiger partial charge on any atom is -0.303 e. The topological polar surface area (TPSA) is 3.24 Å². The van der Waals surface area contributed by atoms with Crippen LogP contribution in [0.4, 0.5) is 4.39 Å². The molecule has 1 aliphatic heterocycles. The largest absolute Gasteiger partial charge is 0.303 e. The first-order chi connectivity index (χ1) is 4.36. The molecular formula is C7H14FN. The SMILES string of the molecule is CCN1CC[C@@H](CF)C1. The number of rotatable bonds is 2. The minimum absolute atomic E-state index is 0.128. The second-order valence-electron chi connectivity index (χ2n) is 2.70. The van der Waals surface area contributed by atoms with E-state index in [0.717, 1.165) is 26.1 Å². The number of nitrogens with zero attached hydrogens (tertiary/aromatic N) is 1. The quantitative estimate of drug-likeness (QED) is 0.546. The molecule has 0 amide bonds. The van der Waals surface area contributed by atoms with E-state index in [9.17, 15) is 4.39 Å². The fourth-order valence-corrected chi connectivity index (χ4v) is 1.33. The molecule has 0 N–H and O–H groups in total. The first-order valence-corrected chi connectivity index (χ1v) is 3.65. The summed E-state index contributed by atoms with van der Waals surface area (Å²) in [6.45, 7) is 5.16. The first-order valence-electron chi connectivity index (χ1n) is 3.65. The Bertz CT molecular complexity index is 75.0. The zero-order valence-corrected chi connectivity index (χ0v) is 5.94. The molecule has 9 heavy (non-hydrogen) atoms. The van der Waals surface area contributed by atoms with Gasteiger partial charge in [0, 0.05) is 12.5 Å². The number of hydrogen-bond acceptors (Lipinski definition) is 1. The number of hydrogen-bond donors (Lipinski definition) is 0. The summed E-state index contributed by atoms with van der Waals surface area (Å²) in [6, 6.07) is 0. The molecule has 1 heterocycles. The van der Waals surface area contributed by atoms with Crippen LogP contribution in [0.1, 0.15) is 13.3 Å². The van der Waals surface area contributed by atoms with Crippen molar-refractivity contribution in [2.24, 2.45) is 5.92 Å². The highest BCUT2D eigenvalue weighted by atomic mass is 19.1. The standard InChI is InChI=1S/C7H14FN/c1-2-9-4-3-7(5-8)6-9/h7H,2-6H2,1H3/t7-/m0/s1. The molecular weight excluding hydrogens is 117 g/mol. The molecule has 0 radical (unpaired) electrons. The Morgan fingerprint density at radius 1 is 1.67 bits per heavy atom. The monoisotopic (exact) mass is 131 g/mol. The van der Waals surface area contributed by atoms with E-state index in [1.165, 1.54) is 0 Å². The summed E-state index contributed by atoms with van der Waals surface area (Å²) < 4.78 is 12.0. The van der Waals surface area contributed by atoms with E-state index >= 15 is 0 Å². The molecule has 0 spiro atoms. The van der Waals surface area contributed by atoms with Gasteiger partial charge >= 0.3 is 0 Å². The average molecular weight is 131 g/mol. The van der Waals surface area contributed by atoms with Crippen LogP contribution in [0.5, 0.6) is 0 Å². The Balaban J connectivity index is 2.20. The summed E-state index contributed by atoms with van der Waals surface area (Å²) >= 11 is 0. The van der Waals surface area contributed by atoms with Gasteiger partial charge in [0.2, 0.25) is 0 Å². The van der Waals surface area contributed by atoms with Crippen LogP contribution in [0.3, 0.4) is 0 Å². The lowest BCUT2D eigenvalue weighted by Gasteiger charge is -2.10. The van der Waals surface area contributed by atoms with E-state index < -0.39 is 0 Å². The van der Waals surface area contributed by atoms with Gasteiger partial charge in [-0.05, 0) is 19.5 Å². The molecule has 1 fully saturated rings. The van der Waals surface area contributed by atoms with Crippen molar-refractivity contribution in [1.82, 2.24) is 4.90 Å². The van der Waals surface area contributed by atoms with Gasteiger partial charge in [0.15, 0.2) is 0 Å². The molecule has 1 aliphatic rings. The van der Waals surface area contributed by atoms with Crippen molar-refractivity contribution in [3.63, 3.8) is 0 Å². The molecule has 1 rings (SSSR count). The summed E-state index contributed by atoms with van der Waals surface area (Å²) in [6.07, 6.45) is 1.06. The smallest absolute Gasteiger partial charge is 0.0935 e. The van der Waals surface area contributed by atoms with Gasteiger partial charge < -0.3 is 4.90 Å². The summed E-state index contributed by atoms with van der Waals surface area (Å²) in [4.78, 5) is 2.30. The molecule has 0 aromatic heterocycles. The highest BCUT2D eigenvalue weighted by molar-refractivity contribution is 4.73. The van der Waals surface area contributed by atoms with E-state index in [-0.39, 0.29) is 6.67 Å². The maximum absolute atomic E-state index is 12.0. The lowest BCUT2D eigenvalue weighted by molar-refractivity contribution is 0.314. The third kappa shape index (κ3) is 1.65. The third-order valence-corrected chi connectivity index (χ3v) is 2.04. The van der Waals surface area contributed by atoms with Crippen molar-refractivity contribution in [2.75, 3.05) is 26.3 Å². The molecule has 0 unspecified atom stereocenters. The highest BCUT2D eigenvalue weighted by Crippen LogP contribution is 2.15. The molecule has 0 bridgehead atoms. The maximum atomic E-state index is 12.0. The zero-order valence-electron chi connectivity index (χ0n) is 5.94. The summed E-state index contributed by atoms with van der Waals surface area (Å²) in [5.41, 5.74) is 0. The first kappa shape index (κ1) is 7.00.